The monoisotopic (exact) mass is 241 g/mol. The van der Waals surface area contributed by atoms with E-state index in [1.807, 2.05) is 30.5 Å². The zero-order valence-electron chi connectivity index (χ0n) is 9.93. The van der Waals surface area contributed by atoms with Crippen LogP contribution in [0.25, 0.3) is 10.8 Å². The van der Waals surface area contributed by atoms with Gasteiger partial charge in [-0.15, -0.1) is 0 Å². The minimum atomic E-state index is 0.417. The highest BCUT2D eigenvalue weighted by Crippen LogP contribution is 2.25. The molecule has 0 aliphatic heterocycles. The zero-order valence-corrected chi connectivity index (χ0v) is 9.93. The molecule has 1 aliphatic rings. The lowest BCUT2D eigenvalue weighted by atomic mass is 10.1. The average Bonchev–Trinajstić information content (AvgIpc) is 3.22. The molecular weight excluding hydrogens is 226 g/mol. The standard InChI is InChI=1S/C13H15N5/c14-18-13(16-10-4-5-10)17-12-3-1-2-9-8-15-7-6-11(9)12/h1-3,6-8,10H,4-5,14H2,(H2,16,17,18). The van der Waals surface area contributed by atoms with Crippen LogP contribution in [0, 0.1) is 0 Å². The van der Waals surface area contributed by atoms with Gasteiger partial charge in [0, 0.05) is 28.9 Å². The molecule has 0 spiro atoms. The van der Waals surface area contributed by atoms with Gasteiger partial charge in [0.1, 0.15) is 0 Å². The van der Waals surface area contributed by atoms with Crippen molar-refractivity contribution >= 4 is 22.4 Å². The number of nitrogens with one attached hydrogen (secondary N) is 2. The molecule has 0 atom stereocenters. The van der Waals surface area contributed by atoms with Crippen LogP contribution in [0.4, 0.5) is 5.69 Å². The number of hydrogen-bond donors (Lipinski definition) is 3. The first-order valence-electron chi connectivity index (χ1n) is 6.01. The third kappa shape index (κ3) is 2.26. The number of aliphatic imine (C=N–C) groups is 1. The Bertz CT molecular complexity index is 583. The van der Waals surface area contributed by atoms with Crippen molar-refractivity contribution in [3.63, 3.8) is 0 Å². The van der Waals surface area contributed by atoms with E-state index in [9.17, 15) is 0 Å². The average molecular weight is 241 g/mol. The van der Waals surface area contributed by atoms with Gasteiger partial charge in [-0.25, -0.2) is 10.8 Å². The van der Waals surface area contributed by atoms with Gasteiger partial charge in [-0.1, -0.05) is 12.1 Å². The lowest BCUT2D eigenvalue weighted by molar-refractivity contribution is 0.966. The van der Waals surface area contributed by atoms with Gasteiger partial charge in [0.2, 0.25) is 5.96 Å². The number of hydrazine groups is 1. The molecule has 0 unspecified atom stereocenters. The molecule has 18 heavy (non-hydrogen) atoms. The van der Waals surface area contributed by atoms with Crippen molar-refractivity contribution in [3.8, 4) is 0 Å². The number of nitrogens with zero attached hydrogens (tertiary/aromatic N) is 2. The number of pyridine rings is 1. The lowest BCUT2D eigenvalue weighted by Crippen LogP contribution is -2.36. The summed E-state index contributed by atoms with van der Waals surface area (Å²) in [6, 6.07) is 8.41. The Balaban J connectivity index is 1.93. The molecule has 92 valence electrons. The topological polar surface area (TPSA) is 75.3 Å². The van der Waals surface area contributed by atoms with E-state index in [2.05, 4.69) is 20.7 Å². The highest BCUT2D eigenvalue weighted by atomic mass is 15.3. The highest BCUT2D eigenvalue weighted by Gasteiger charge is 2.21. The summed E-state index contributed by atoms with van der Waals surface area (Å²) in [6.45, 7) is 0. The Morgan fingerprint density at radius 1 is 1.33 bits per heavy atom. The van der Waals surface area contributed by atoms with Crippen molar-refractivity contribution in [2.75, 3.05) is 5.32 Å². The van der Waals surface area contributed by atoms with Gasteiger partial charge >= 0.3 is 0 Å². The molecule has 4 N–H and O–H groups in total. The molecule has 1 saturated carbocycles. The summed E-state index contributed by atoms with van der Waals surface area (Å²) in [4.78, 5) is 8.58. The predicted octanol–water partition coefficient (Wildman–Crippen LogP) is 1.63. The molecule has 5 heteroatoms. The van der Waals surface area contributed by atoms with Gasteiger partial charge < -0.3 is 5.32 Å². The lowest BCUT2D eigenvalue weighted by Gasteiger charge is -2.11. The second-order valence-electron chi connectivity index (χ2n) is 4.38. The van der Waals surface area contributed by atoms with E-state index in [4.69, 9.17) is 5.84 Å². The number of guanidine groups is 1. The molecule has 1 fully saturated rings. The molecule has 3 rings (SSSR count). The fourth-order valence-electron chi connectivity index (χ4n) is 1.85. The van der Waals surface area contributed by atoms with E-state index in [-0.39, 0.29) is 0 Å². The van der Waals surface area contributed by atoms with Crippen LogP contribution >= 0.6 is 0 Å². The zero-order chi connectivity index (χ0) is 12.4. The second-order valence-corrected chi connectivity index (χ2v) is 4.38. The Labute approximate surface area is 105 Å². The van der Waals surface area contributed by atoms with Crippen LogP contribution < -0.4 is 16.6 Å². The molecule has 0 amide bonds. The van der Waals surface area contributed by atoms with Crippen LogP contribution in [0.15, 0.2) is 41.7 Å². The number of rotatable bonds is 2. The van der Waals surface area contributed by atoms with Gasteiger partial charge in [0.05, 0.1) is 6.04 Å². The van der Waals surface area contributed by atoms with Gasteiger partial charge in [-0.3, -0.25) is 10.4 Å². The van der Waals surface area contributed by atoms with Crippen LogP contribution in [-0.2, 0) is 0 Å². The Hall–Kier alpha value is -2.14. The summed E-state index contributed by atoms with van der Waals surface area (Å²) < 4.78 is 0. The quantitative estimate of drug-likeness (QED) is 0.323. The number of nitrogens with two attached hydrogens (primary N) is 1. The van der Waals surface area contributed by atoms with Gasteiger partial charge in [-0.05, 0) is 25.0 Å². The maximum absolute atomic E-state index is 5.49. The van der Waals surface area contributed by atoms with E-state index in [0.717, 1.165) is 29.3 Å². The fourth-order valence-corrected chi connectivity index (χ4v) is 1.85. The maximum Gasteiger partial charge on any atom is 0.210 e. The van der Waals surface area contributed by atoms with E-state index >= 15 is 0 Å². The largest absolute Gasteiger partial charge is 0.325 e. The van der Waals surface area contributed by atoms with Crippen molar-refractivity contribution in [2.45, 2.75) is 18.9 Å². The van der Waals surface area contributed by atoms with Crippen LogP contribution in [-0.4, -0.2) is 17.0 Å². The molecule has 0 radical (unpaired) electrons. The van der Waals surface area contributed by atoms with Crippen LogP contribution in [0.2, 0.25) is 0 Å². The molecule has 2 aromatic rings. The molecule has 1 aromatic heterocycles. The molecule has 1 aliphatic carbocycles. The van der Waals surface area contributed by atoms with Crippen molar-refractivity contribution in [1.82, 2.24) is 10.4 Å². The molecule has 1 aromatic carbocycles. The minimum Gasteiger partial charge on any atom is -0.325 e. The smallest absolute Gasteiger partial charge is 0.210 e. The maximum atomic E-state index is 5.49. The van der Waals surface area contributed by atoms with Crippen LogP contribution in [0.3, 0.4) is 0 Å². The molecule has 0 saturated heterocycles. The third-order valence-corrected chi connectivity index (χ3v) is 2.93. The number of anilines is 1. The minimum absolute atomic E-state index is 0.417. The van der Waals surface area contributed by atoms with Crippen LogP contribution in [0.1, 0.15) is 12.8 Å². The molecule has 5 nitrogen and oxygen atoms in total. The Kier molecular flexibility index (Phi) is 2.82. The molecule has 1 heterocycles. The van der Waals surface area contributed by atoms with E-state index in [1.165, 1.54) is 0 Å². The highest BCUT2D eigenvalue weighted by molar-refractivity contribution is 6.02. The summed E-state index contributed by atoms with van der Waals surface area (Å²) >= 11 is 0. The summed E-state index contributed by atoms with van der Waals surface area (Å²) in [5, 5.41) is 5.42. The van der Waals surface area contributed by atoms with Crippen molar-refractivity contribution in [2.24, 2.45) is 10.8 Å². The molecule has 0 bridgehead atoms. The normalized spacial score (nSPS) is 15.7. The first-order chi connectivity index (χ1) is 8.86. The summed E-state index contributed by atoms with van der Waals surface area (Å²) in [5.74, 6) is 6.10. The molecular formula is C13H15N5. The van der Waals surface area contributed by atoms with Gasteiger partial charge in [-0.2, -0.15) is 0 Å². The number of fused-ring (bicyclic) bond motifs is 1. The first kappa shape index (κ1) is 11.0. The van der Waals surface area contributed by atoms with Crippen LogP contribution in [0.5, 0.6) is 0 Å². The summed E-state index contributed by atoms with van der Waals surface area (Å²) in [5.41, 5.74) is 3.59. The third-order valence-electron chi connectivity index (χ3n) is 2.93. The Morgan fingerprint density at radius 2 is 2.22 bits per heavy atom. The summed E-state index contributed by atoms with van der Waals surface area (Å²) in [7, 11) is 0. The number of benzene rings is 1. The summed E-state index contributed by atoms with van der Waals surface area (Å²) in [6.07, 6.45) is 5.91. The van der Waals surface area contributed by atoms with Crippen molar-refractivity contribution in [3.05, 3.63) is 36.7 Å². The van der Waals surface area contributed by atoms with Crippen molar-refractivity contribution < 1.29 is 0 Å². The van der Waals surface area contributed by atoms with E-state index in [1.54, 1.807) is 6.20 Å². The number of aromatic nitrogens is 1. The second kappa shape index (κ2) is 4.62. The SMILES string of the molecule is NNC(=NC1CC1)Nc1cccc2cnccc12. The van der Waals surface area contributed by atoms with Crippen molar-refractivity contribution in [1.29, 1.82) is 0 Å². The van der Waals surface area contributed by atoms with Gasteiger partial charge in [0.15, 0.2) is 0 Å². The van der Waals surface area contributed by atoms with E-state index in [0.29, 0.717) is 12.0 Å². The van der Waals surface area contributed by atoms with Gasteiger partial charge in [0.25, 0.3) is 0 Å². The fraction of sp³-hybridized carbons (Fsp3) is 0.231. The van der Waals surface area contributed by atoms with E-state index < -0.39 is 0 Å². The number of hydrogen-bond acceptors (Lipinski definition) is 3. The Morgan fingerprint density at radius 3 is 3.00 bits per heavy atom. The predicted molar refractivity (Wildman–Crippen MR) is 73.1 cm³/mol. The first-order valence-corrected chi connectivity index (χ1v) is 6.01.